The third kappa shape index (κ3) is 6.71. The Balaban J connectivity index is 1.65. The SMILES string of the molecule is CCS(=O)(=O)N(CC(=O)NCCN(C)C)c1ccc(N=C(c2ccccc2)C2C(=O)Nc3ccccc32)cc1. The first-order chi connectivity index (χ1) is 18.7. The molecule has 4 rings (SSSR count). The fourth-order valence-electron chi connectivity index (χ4n) is 4.33. The highest BCUT2D eigenvalue weighted by atomic mass is 32.2. The molecule has 0 bridgehead atoms. The van der Waals surface area contributed by atoms with Crippen LogP contribution in [0.15, 0.2) is 83.9 Å². The zero-order valence-corrected chi connectivity index (χ0v) is 23.1. The third-order valence-corrected chi connectivity index (χ3v) is 8.13. The van der Waals surface area contributed by atoms with Crippen molar-refractivity contribution < 1.29 is 18.0 Å². The van der Waals surface area contributed by atoms with E-state index in [0.29, 0.717) is 30.2 Å². The van der Waals surface area contributed by atoms with Crippen molar-refractivity contribution in [2.24, 2.45) is 4.99 Å². The molecule has 1 heterocycles. The summed E-state index contributed by atoms with van der Waals surface area (Å²) in [5.41, 5.74) is 3.92. The molecule has 0 fully saturated rings. The molecule has 0 aromatic heterocycles. The van der Waals surface area contributed by atoms with Crippen LogP contribution in [0.25, 0.3) is 0 Å². The minimum atomic E-state index is -3.71. The Kier molecular flexibility index (Phi) is 8.78. The van der Waals surface area contributed by atoms with Gasteiger partial charge in [-0.05, 0) is 62.5 Å². The average Bonchev–Trinajstić information content (AvgIpc) is 3.26. The Morgan fingerprint density at radius 1 is 0.974 bits per heavy atom. The van der Waals surface area contributed by atoms with E-state index in [0.717, 1.165) is 21.1 Å². The molecule has 204 valence electrons. The molecular formula is C29H33N5O4S. The molecule has 39 heavy (non-hydrogen) atoms. The van der Waals surface area contributed by atoms with Crippen LogP contribution in [0.4, 0.5) is 17.1 Å². The van der Waals surface area contributed by atoms with Gasteiger partial charge in [-0.3, -0.25) is 18.9 Å². The number of aliphatic imine (C=N–C) groups is 1. The van der Waals surface area contributed by atoms with Crippen LogP contribution in [0.2, 0.25) is 0 Å². The molecule has 2 amide bonds. The largest absolute Gasteiger partial charge is 0.353 e. The maximum Gasteiger partial charge on any atom is 0.240 e. The van der Waals surface area contributed by atoms with Gasteiger partial charge in [-0.1, -0.05) is 48.5 Å². The smallest absolute Gasteiger partial charge is 0.240 e. The molecule has 0 spiro atoms. The van der Waals surface area contributed by atoms with Gasteiger partial charge >= 0.3 is 0 Å². The number of sulfonamides is 1. The quantitative estimate of drug-likeness (QED) is 0.358. The number of benzene rings is 3. The second-order valence-electron chi connectivity index (χ2n) is 9.45. The van der Waals surface area contributed by atoms with Gasteiger partial charge in [0.15, 0.2) is 0 Å². The van der Waals surface area contributed by atoms with Crippen molar-refractivity contribution >= 4 is 44.6 Å². The first kappa shape index (κ1) is 28.0. The number of carbonyl (C=O) groups is 2. The Labute approximate surface area is 229 Å². The van der Waals surface area contributed by atoms with Crippen LogP contribution in [0, 0.1) is 0 Å². The van der Waals surface area contributed by atoms with Gasteiger partial charge < -0.3 is 15.5 Å². The molecule has 1 aliphatic rings. The van der Waals surface area contributed by atoms with Crippen molar-refractivity contribution in [3.63, 3.8) is 0 Å². The summed E-state index contributed by atoms with van der Waals surface area (Å²) in [6, 6.07) is 23.7. The van der Waals surface area contributed by atoms with Crippen LogP contribution in [-0.4, -0.2) is 70.3 Å². The summed E-state index contributed by atoms with van der Waals surface area (Å²) in [7, 11) is 0.0788. The summed E-state index contributed by atoms with van der Waals surface area (Å²) in [5, 5.41) is 5.70. The van der Waals surface area contributed by atoms with Gasteiger partial charge in [0.05, 0.1) is 22.8 Å². The maximum absolute atomic E-state index is 13.0. The van der Waals surface area contributed by atoms with E-state index in [4.69, 9.17) is 4.99 Å². The van der Waals surface area contributed by atoms with Crippen LogP contribution >= 0.6 is 0 Å². The number of amides is 2. The molecule has 0 saturated carbocycles. The van der Waals surface area contributed by atoms with Gasteiger partial charge in [-0.25, -0.2) is 8.42 Å². The molecule has 9 nitrogen and oxygen atoms in total. The van der Waals surface area contributed by atoms with Crippen molar-refractivity contribution in [1.29, 1.82) is 0 Å². The molecule has 0 saturated heterocycles. The van der Waals surface area contributed by atoms with E-state index in [-0.39, 0.29) is 24.1 Å². The minimum absolute atomic E-state index is 0.147. The van der Waals surface area contributed by atoms with Crippen LogP contribution in [0.5, 0.6) is 0 Å². The third-order valence-electron chi connectivity index (χ3n) is 6.39. The number of rotatable bonds is 11. The normalized spacial score (nSPS) is 15.1. The highest BCUT2D eigenvalue weighted by Gasteiger charge is 2.35. The van der Waals surface area contributed by atoms with Gasteiger partial charge in [0, 0.05) is 18.8 Å². The number of nitrogens with zero attached hydrogens (tertiary/aromatic N) is 3. The van der Waals surface area contributed by atoms with Gasteiger partial charge in [-0.15, -0.1) is 0 Å². The molecule has 2 N–H and O–H groups in total. The van der Waals surface area contributed by atoms with E-state index in [1.165, 1.54) is 0 Å². The molecule has 0 radical (unpaired) electrons. The van der Waals surface area contributed by atoms with Gasteiger partial charge in [0.1, 0.15) is 12.5 Å². The molecule has 1 atom stereocenters. The summed E-state index contributed by atoms with van der Waals surface area (Å²) in [6.45, 7) is 2.29. The van der Waals surface area contributed by atoms with E-state index in [1.54, 1.807) is 31.2 Å². The fraction of sp³-hybridized carbons (Fsp3) is 0.276. The van der Waals surface area contributed by atoms with Crippen LogP contribution < -0.4 is 14.9 Å². The number of fused-ring (bicyclic) bond motifs is 1. The topological polar surface area (TPSA) is 111 Å². The zero-order chi connectivity index (χ0) is 28.0. The number of para-hydroxylation sites is 1. The van der Waals surface area contributed by atoms with Crippen molar-refractivity contribution in [3.8, 4) is 0 Å². The molecule has 3 aromatic rings. The van der Waals surface area contributed by atoms with Crippen molar-refractivity contribution in [2.75, 3.05) is 49.1 Å². The lowest BCUT2D eigenvalue weighted by atomic mass is 9.90. The van der Waals surface area contributed by atoms with Crippen LogP contribution in [0.3, 0.4) is 0 Å². The monoisotopic (exact) mass is 547 g/mol. The predicted molar refractivity (Wildman–Crippen MR) is 155 cm³/mol. The van der Waals surface area contributed by atoms with Gasteiger partial charge in [-0.2, -0.15) is 0 Å². The summed E-state index contributed by atoms with van der Waals surface area (Å²) >= 11 is 0. The molecule has 10 heteroatoms. The first-order valence-electron chi connectivity index (χ1n) is 12.8. The first-order valence-corrected chi connectivity index (χ1v) is 14.4. The van der Waals surface area contributed by atoms with E-state index in [1.807, 2.05) is 73.6 Å². The number of nitrogens with one attached hydrogen (secondary N) is 2. The Morgan fingerprint density at radius 2 is 1.64 bits per heavy atom. The van der Waals surface area contributed by atoms with Crippen LogP contribution in [0.1, 0.15) is 24.0 Å². The predicted octanol–water partition coefficient (Wildman–Crippen LogP) is 3.38. The lowest BCUT2D eigenvalue weighted by Crippen LogP contribution is -2.43. The summed E-state index contributed by atoms with van der Waals surface area (Å²) < 4.78 is 26.8. The fourth-order valence-corrected chi connectivity index (χ4v) is 5.40. The summed E-state index contributed by atoms with van der Waals surface area (Å²) in [4.78, 5) is 32.3. The second kappa shape index (κ2) is 12.2. The number of likely N-dealkylation sites (N-methyl/N-ethyl adjacent to an activating group) is 1. The Bertz CT molecular complexity index is 1450. The highest BCUT2D eigenvalue weighted by Crippen LogP contribution is 2.36. The van der Waals surface area contributed by atoms with E-state index >= 15 is 0 Å². The van der Waals surface area contributed by atoms with Gasteiger partial charge in [0.25, 0.3) is 0 Å². The van der Waals surface area contributed by atoms with E-state index < -0.39 is 15.9 Å². The molecule has 0 aliphatic carbocycles. The minimum Gasteiger partial charge on any atom is -0.353 e. The number of hydrogen-bond acceptors (Lipinski definition) is 6. The Hall–Kier alpha value is -4.02. The van der Waals surface area contributed by atoms with E-state index in [9.17, 15) is 18.0 Å². The summed E-state index contributed by atoms with van der Waals surface area (Å²) in [6.07, 6.45) is 0. The lowest BCUT2D eigenvalue weighted by molar-refractivity contribution is -0.119. The highest BCUT2D eigenvalue weighted by molar-refractivity contribution is 7.92. The van der Waals surface area contributed by atoms with Gasteiger partial charge in [0.2, 0.25) is 21.8 Å². The standard InChI is InChI=1S/C29H33N5O4S/c1-4-39(37,38)34(20-26(35)30-18-19-33(2)3)23-16-14-22(15-17-23)31-28(21-10-6-5-7-11-21)27-24-12-8-9-13-25(24)32-29(27)36/h5-17,27H,4,18-20H2,1-3H3,(H,30,35)(H,32,36). The average molecular weight is 548 g/mol. The van der Waals surface area contributed by atoms with Crippen molar-refractivity contribution in [2.45, 2.75) is 12.8 Å². The maximum atomic E-state index is 13.0. The molecule has 1 unspecified atom stereocenters. The van der Waals surface area contributed by atoms with E-state index in [2.05, 4.69) is 10.6 Å². The van der Waals surface area contributed by atoms with Crippen LogP contribution in [-0.2, 0) is 19.6 Å². The number of hydrogen-bond donors (Lipinski definition) is 2. The van der Waals surface area contributed by atoms with Crippen molar-refractivity contribution in [1.82, 2.24) is 10.2 Å². The number of carbonyl (C=O) groups excluding carboxylic acids is 2. The van der Waals surface area contributed by atoms with Crippen molar-refractivity contribution in [3.05, 3.63) is 90.0 Å². The molecule has 1 aliphatic heterocycles. The summed E-state index contributed by atoms with van der Waals surface area (Å²) in [5.74, 6) is -1.28. The lowest BCUT2D eigenvalue weighted by Gasteiger charge is -2.23. The number of anilines is 2. The molecular weight excluding hydrogens is 514 g/mol. The zero-order valence-electron chi connectivity index (χ0n) is 22.3. The second-order valence-corrected chi connectivity index (χ2v) is 11.6. The molecule has 3 aromatic carbocycles. The Morgan fingerprint density at radius 3 is 2.31 bits per heavy atom.